The largest absolute Gasteiger partial charge is 0.352 e. The minimum atomic E-state index is -0.502. The van der Waals surface area contributed by atoms with Gasteiger partial charge in [0.05, 0.1) is 17.8 Å². The van der Waals surface area contributed by atoms with E-state index in [2.05, 4.69) is 14.9 Å². The van der Waals surface area contributed by atoms with Gasteiger partial charge in [-0.3, -0.25) is 9.78 Å². The molecule has 0 saturated carbocycles. The summed E-state index contributed by atoms with van der Waals surface area (Å²) < 4.78 is 13.1. The number of hydrogen-bond donors (Lipinski definition) is 0. The Kier molecular flexibility index (Phi) is 3.51. The third kappa shape index (κ3) is 2.69. The Morgan fingerprint density at radius 2 is 2.19 bits per heavy atom. The molecular formula is C15H15FN4O. The Labute approximate surface area is 122 Å². The molecule has 0 unspecified atom stereocenters. The molecule has 1 aliphatic rings. The number of carbonyl (C=O) groups excluding carboxylic acids is 1. The van der Waals surface area contributed by atoms with Crippen molar-refractivity contribution in [3.8, 4) is 0 Å². The second kappa shape index (κ2) is 5.47. The van der Waals surface area contributed by atoms with Gasteiger partial charge >= 0.3 is 0 Å². The molecule has 108 valence electrons. The monoisotopic (exact) mass is 286 g/mol. The molecule has 0 atom stereocenters. The number of pyridine rings is 2. The number of aromatic nitrogens is 2. The highest BCUT2D eigenvalue weighted by Gasteiger charge is 2.33. The Morgan fingerprint density at radius 3 is 2.86 bits per heavy atom. The van der Waals surface area contributed by atoms with Crippen LogP contribution in [0.3, 0.4) is 0 Å². The summed E-state index contributed by atoms with van der Waals surface area (Å²) in [5.41, 5.74) is 0.272. The summed E-state index contributed by atoms with van der Waals surface area (Å²) in [5.74, 6) is 0.188. The molecule has 3 heterocycles. The molecular weight excluding hydrogens is 271 g/mol. The smallest absolute Gasteiger partial charge is 0.255 e. The van der Waals surface area contributed by atoms with Crippen LogP contribution < -0.4 is 4.90 Å². The maximum Gasteiger partial charge on any atom is 0.255 e. The highest BCUT2D eigenvalue weighted by molar-refractivity contribution is 5.94. The van der Waals surface area contributed by atoms with Crippen LogP contribution in [0.25, 0.3) is 0 Å². The van der Waals surface area contributed by atoms with Gasteiger partial charge in [0.25, 0.3) is 5.91 Å². The normalized spacial score (nSPS) is 14.7. The van der Waals surface area contributed by atoms with E-state index in [0.29, 0.717) is 0 Å². The summed E-state index contributed by atoms with van der Waals surface area (Å²) in [6.45, 7) is 1.45. The zero-order valence-corrected chi connectivity index (χ0v) is 11.6. The maximum absolute atomic E-state index is 13.1. The average molecular weight is 286 g/mol. The van der Waals surface area contributed by atoms with E-state index < -0.39 is 5.82 Å². The SMILES string of the molecule is CN(C(=O)c1cncc(F)c1)C1CN(c2ccccn2)C1. The van der Waals surface area contributed by atoms with Crippen molar-refractivity contribution in [1.29, 1.82) is 0 Å². The van der Waals surface area contributed by atoms with Gasteiger partial charge in [-0.15, -0.1) is 0 Å². The van der Waals surface area contributed by atoms with Gasteiger partial charge < -0.3 is 9.80 Å². The van der Waals surface area contributed by atoms with Gasteiger partial charge in [-0.1, -0.05) is 6.07 Å². The third-order valence-corrected chi connectivity index (χ3v) is 3.66. The van der Waals surface area contributed by atoms with Gasteiger partial charge in [0.2, 0.25) is 0 Å². The number of amides is 1. The van der Waals surface area contributed by atoms with Crippen LogP contribution in [0.2, 0.25) is 0 Å². The van der Waals surface area contributed by atoms with Crippen LogP contribution >= 0.6 is 0 Å². The summed E-state index contributed by atoms with van der Waals surface area (Å²) in [4.78, 5) is 24.0. The first-order chi connectivity index (χ1) is 10.1. The topological polar surface area (TPSA) is 49.3 Å². The van der Waals surface area contributed by atoms with Gasteiger partial charge in [-0.05, 0) is 18.2 Å². The predicted molar refractivity (Wildman–Crippen MR) is 76.5 cm³/mol. The fourth-order valence-corrected chi connectivity index (χ4v) is 2.33. The predicted octanol–water partition coefficient (Wildman–Crippen LogP) is 1.58. The highest BCUT2D eigenvalue weighted by atomic mass is 19.1. The maximum atomic E-state index is 13.1. The zero-order chi connectivity index (χ0) is 14.8. The Bertz CT molecular complexity index is 643. The van der Waals surface area contributed by atoms with E-state index in [-0.39, 0.29) is 17.5 Å². The molecule has 1 amide bonds. The van der Waals surface area contributed by atoms with Crippen molar-refractivity contribution in [2.75, 3.05) is 25.0 Å². The Morgan fingerprint density at radius 1 is 1.38 bits per heavy atom. The van der Waals surface area contributed by atoms with Crippen molar-refractivity contribution >= 4 is 11.7 Å². The molecule has 0 spiro atoms. The molecule has 0 N–H and O–H groups in total. The standard InChI is InChI=1S/C15H15FN4O/c1-19(15(21)11-6-12(16)8-17-7-11)13-9-20(10-13)14-4-2-3-5-18-14/h2-8,13H,9-10H2,1H3. The number of rotatable bonds is 3. The lowest BCUT2D eigenvalue weighted by Crippen LogP contribution is -2.60. The molecule has 1 aliphatic heterocycles. The van der Waals surface area contributed by atoms with Gasteiger partial charge in [-0.2, -0.15) is 0 Å². The first kappa shape index (κ1) is 13.5. The van der Waals surface area contributed by atoms with Crippen molar-refractivity contribution in [3.05, 3.63) is 54.2 Å². The summed E-state index contributed by atoms with van der Waals surface area (Å²) in [5, 5.41) is 0. The Hall–Kier alpha value is -2.50. The first-order valence-corrected chi connectivity index (χ1v) is 6.69. The quantitative estimate of drug-likeness (QED) is 0.859. The summed E-state index contributed by atoms with van der Waals surface area (Å²) in [6.07, 6.45) is 4.22. The summed E-state index contributed by atoms with van der Waals surface area (Å²) in [6, 6.07) is 7.05. The van der Waals surface area contributed by atoms with Crippen molar-refractivity contribution < 1.29 is 9.18 Å². The van der Waals surface area contributed by atoms with E-state index in [0.717, 1.165) is 25.1 Å². The molecule has 0 bridgehead atoms. The van der Waals surface area contributed by atoms with Crippen LogP contribution in [0, 0.1) is 5.82 Å². The number of hydrogen-bond acceptors (Lipinski definition) is 4. The number of halogens is 1. The van der Waals surface area contributed by atoms with Crippen LogP contribution in [0.1, 0.15) is 10.4 Å². The van der Waals surface area contributed by atoms with Gasteiger partial charge in [0.1, 0.15) is 11.6 Å². The van der Waals surface area contributed by atoms with E-state index in [1.807, 2.05) is 18.2 Å². The number of likely N-dealkylation sites (N-methyl/N-ethyl adjacent to an activating group) is 1. The number of nitrogens with zero attached hydrogens (tertiary/aromatic N) is 4. The molecule has 2 aromatic heterocycles. The fourth-order valence-electron chi connectivity index (χ4n) is 2.33. The molecule has 21 heavy (non-hydrogen) atoms. The van der Waals surface area contributed by atoms with Crippen molar-refractivity contribution in [3.63, 3.8) is 0 Å². The van der Waals surface area contributed by atoms with Crippen molar-refractivity contribution in [2.45, 2.75) is 6.04 Å². The second-order valence-corrected chi connectivity index (χ2v) is 5.05. The van der Waals surface area contributed by atoms with Gasteiger partial charge in [0.15, 0.2) is 0 Å². The van der Waals surface area contributed by atoms with Crippen LogP contribution in [-0.4, -0.2) is 47.0 Å². The van der Waals surface area contributed by atoms with Gasteiger partial charge in [0, 0.05) is 32.5 Å². The highest BCUT2D eigenvalue weighted by Crippen LogP contribution is 2.21. The molecule has 0 aromatic carbocycles. The lowest BCUT2D eigenvalue weighted by Gasteiger charge is -2.44. The van der Waals surface area contributed by atoms with Crippen LogP contribution in [-0.2, 0) is 0 Å². The summed E-state index contributed by atoms with van der Waals surface area (Å²) >= 11 is 0. The first-order valence-electron chi connectivity index (χ1n) is 6.69. The van der Waals surface area contributed by atoms with Crippen LogP contribution in [0.5, 0.6) is 0 Å². The third-order valence-electron chi connectivity index (χ3n) is 3.66. The minimum Gasteiger partial charge on any atom is -0.352 e. The van der Waals surface area contributed by atoms with Crippen molar-refractivity contribution in [2.24, 2.45) is 0 Å². The van der Waals surface area contributed by atoms with E-state index in [1.54, 1.807) is 18.1 Å². The molecule has 5 nitrogen and oxygen atoms in total. The molecule has 2 aromatic rings. The Balaban J connectivity index is 1.63. The minimum absolute atomic E-state index is 0.0998. The number of carbonyl (C=O) groups is 1. The fraction of sp³-hybridized carbons (Fsp3) is 0.267. The molecule has 3 rings (SSSR count). The van der Waals surface area contributed by atoms with E-state index in [4.69, 9.17) is 0 Å². The van der Waals surface area contributed by atoms with E-state index >= 15 is 0 Å². The number of anilines is 1. The lowest BCUT2D eigenvalue weighted by atomic mass is 10.1. The average Bonchev–Trinajstić information content (AvgIpc) is 2.46. The van der Waals surface area contributed by atoms with Crippen LogP contribution in [0.15, 0.2) is 42.9 Å². The van der Waals surface area contributed by atoms with E-state index in [9.17, 15) is 9.18 Å². The molecule has 1 saturated heterocycles. The lowest BCUT2D eigenvalue weighted by molar-refractivity contribution is 0.0704. The molecule has 0 aliphatic carbocycles. The zero-order valence-electron chi connectivity index (χ0n) is 11.6. The molecule has 6 heteroatoms. The van der Waals surface area contributed by atoms with Crippen LogP contribution in [0.4, 0.5) is 10.2 Å². The molecule has 1 fully saturated rings. The summed E-state index contributed by atoms with van der Waals surface area (Å²) in [7, 11) is 1.73. The molecule has 0 radical (unpaired) electrons. The van der Waals surface area contributed by atoms with Gasteiger partial charge in [-0.25, -0.2) is 9.37 Å². The van der Waals surface area contributed by atoms with E-state index in [1.165, 1.54) is 12.3 Å². The van der Waals surface area contributed by atoms with Crippen molar-refractivity contribution in [1.82, 2.24) is 14.9 Å². The second-order valence-electron chi connectivity index (χ2n) is 5.05.